The van der Waals surface area contributed by atoms with Crippen LogP contribution in [0.3, 0.4) is 0 Å². The molecule has 1 rings (SSSR count). The Morgan fingerprint density at radius 3 is 2.41 bits per heavy atom. The van der Waals surface area contributed by atoms with Gasteiger partial charge >= 0.3 is 0 Å². The predicted molar refractivity (Wildman–Crippen MR) is 69.9 cm³/mol. The van der Waals surface area contributed by atoms with Crippen LogP contribution in [0.1, 0.15) is 26.3 Å². The van der Waals surface area contributed by atoms with Gasteiger partial charge in [-0.3, -0.25) is 4.79 Å². The normalized spacial score (nSPS) is 11.1. The lowest BCUT2D eigenvalue weighted by atomic mass is 9.96. The van der Waals surface area contributed by atoms with Crippen LogP contribution in [0.5, 0.6) is 0 Å². The van der Waals surface area contributed by atoms with Crippen LogP contribution in [0, 0.1) is 5.41 Å². The molecule has 1 heterocycles. The molecule has 0 aromatic carbocycles. The van der Waals surface area contributed by atoms with E-state index in [0.717, 1.165) is 11.4 Å². The average molecular weight is 235 g/mol. The summed E-state index contributed by atoms with van der Waals surface area (Å²) < 4.78 is 0. The summed E-state index contributed by atoms with van der Waals surface area (Å²) in [5, 5.41) is 2.90. The molecular weight excluding hydrogens is 214 g/mol. The van der Waals surface area contributed by atoms with E-state index in [1.807, 2.05) is 51.9 Å². The van der Waals surface area contributed by atoms with Gasteiger partial charge in [0.15, 0.2) is 0 Å². The summed E-state index contributed by atoms with van der Waals surface area (Å²) in [5.41, 5.74) is 0.657. The van der Waals surface area contributed by atoms with Crippen molar-refractivity contribution in [3.8, 4) is 0 Å². The maximum Gasteiger partial charge on any atom is 0.225 e. The van der Waals surface area contributed by atoms with Gasteiger partial charge < -0.3 is 10.2 Å². The van der Waals surface area contributed by atoms with Gasteiger partial charge in [-0.2, -0.15) is 0 Å². The molecule has 1 aromatic heterocycles. The van der Waals surface area contributed by atoms with Crippen molar-refractivity contribution in [2.75, 3.05) is 19.0 Å². The molecular formula is C13H21N3O. The van der Waals surface area contributed by atoms with E-state index in [0.29, 0.717) is 6.54 Å². The third-order valence-electron chi connectivity index (χ3n) is 2.40. The Morgan fingerprint density at radius 1 is 1.35 bits per heavy atom. The van der Waals surface area contributed by atoms with E-state index in [4.69, 9.17) is 0 Å². The SMILES string of the molecule is CN(C)c1ccc(CNC(=O)C(C)(C)C)cn1. The predicted octanol–water partition coefficient (Wildman–Crippen LogP) is 1.81. The van der Waals surface area contributed by atoms with Crippen LogP contribution in [0.2, 0.25) is 0 Å². The molecule has 1 N–H and O–H groups in total. The number of rotatable bonds is 3. The van der Waals surface area contributed by atoms with Crippen LogP contribution in [0.15, 0.2) is 18.3 Å². The summed E-state index contributed by atoms with van der Waals surface area (Å²) in [7, 11) is 3.90. The maximum atomic E-state index is 11.7. The second kappa shape index (κ2) is 5.17. The molecule has 0 saturated heterocycles. The van der Waals surface area contributed by atoms with E-state index in [-0.39, 0.29) is 11.3 Å². The largest absolute Gasteiger partial charge is 0.363 e. The van der Waals surface area contributed by atoms with E-state index >= 15 is 0 Å². The third-order valence-corrected chi connectivity index (χ3v) is 2.40. The van der Waals surface area contributed by atoms with Crippen molar-refractivity contribution < 1.29 is 4.79 Å². The van der Waals surface area contributed by atoms with Crippen LogP contribution in [-0.4, -0.2) is 25.0 Å². The molecule has 0 aliphatic heterocycles. The number of nitrogens with zero attached hydrogens (tertiary/aromatic N) is 2. The van der Waals surface area contributed by atoms with Crippen molar-refractivity contribution in [3.05, 3.63) is 23.9 Å². The summed E-state index contributed by atoms with van der Waals surface area (Å²) in [5.74, 6) is 0.963. The van der Waals surface area contributed by atoms with Gasteiger partial charge in [0.05, 0.1) is 0 Å². The number of nitrogens with one attached hydrogen (secondary N) is 1. The number of anilines is 1. The van der Waals surface area contributed by atoms with Crippen molar-refractivity contribution in [1.29, 1.82) is 0 Å². The fraction of sp³-hybridized carbons (Fsp3) is 0.538. The van der Waals surface area contributed by atoms with E-state index in [1.165, 1.54) is 0 Å². The molecule has 94 valence electrons. The summed E-state index contributed by atoms with van der Waals surface area (Å²) >= 11 is 0. The highest BCUT2D eigenvalue weighted by atomic mass is 16.2. The molecule has 1 amide bonds. The number of hydrogen-bond donors (Lipinski definition) is 1. The maximum absolute atomic E-state index is 11.7. The molecule has 0 spiro atoms. The lowest BCUT2D eigenvalue weighted by Crippen LogP contribution is -2.34. The smallest absolute Gasteiger partial charge is 0.225 e. The van der Waals surface area contributed by atoms with Gasteiger partial charge in [-0.05, 0) is 11.6 Å². The average Bonchev–Trinajstić information content (AvgIpc) is 2.25. The Bertz CT molecular complexity index is 377. The van der Waals surface area contributed by atoms with E-state index in [9.17, 15) is 4.79 Å². The summed E-state index contributed by atoms with van der Waals surface area (Å²) in [4.78, 5) is 17.9. The molecule has 0 saturated carbocycles. The van der Waals surface area contributed by atoms with Gasteiger partial charge in [-0.25, -0.2) is 4.98 Å². The fourth-order valence-corrected chi connectivity index (χ4v) is 1.23. The number of amides is 1. The molecule has 1 aromatic rings. The summed E-state index contributed by atoms with van der Waals surface area (Å²) in [6, 6.07) is 3.92. The molecule has 0 unspecified atom stereocenters. The Morgan fingerprint density at radius 2 is 2.00 bits per heavy atom. The highest BCUT2D eigenvalue weighted by Crippen LogP contribution is 2.13. The standard InChI is InChI=1S/C13H21N3O/c1-13(2,3)12(17)15-9-10-6-7-11(14-8-10)16(4)5/h6-8H,9H2,1-5H3,(H,15,17). The number of pyridine rings is 1. The minimum Gasteiger partial charge on any atom is -0.363 e. The lowest BCUT2D eigenvalue weighted by Gasteiger charge is -2.17. The number of carbonyl (C=O) groups excluding carboxylic acids is 1. The highest BCUT2D eigenvalue weighted by Gasteiger charge is 2.20. The van der Waals surface area contributed by atoms with Gasteiger partial charge in [0.25, 0.3) is 0 Å². The van der Waals surface area contributed by atoms with Gasteiger partial charge in [0, 0.05) is 32.3 Å². The highest BCUT2D eigenvalue weighted by molar-refractivity contribution is 5.81. The summed E-state index contributed by atoms with van der Waals surface area (Å²) in [6.45, 7) is 6.22. The Hall–Kier alpha value is -1.58. The minimum absolute atomic E-state index is 0.0502. The zero-order valence-electron chi connectivity index (χ0n) is 11.2. The van der Waals surface area contributed by atoms with Crippen molar-refractivity contribution in [3.63, 3.8) is 0 Å². The number of aromatic nitrogens is 1. The van der Waals surface area contributed by atoms with Gasteiger partial charge in [-0.15, -0.1) is 0 Å². The Labute approximate surface area is 103 Å². The third kappa shape index (κ3) is 4.06. The van der Waals surface area contributed by atoms with Crippen molar-refractivity contribution in [1.82, 2.24) is 10.3 Å². The zero-order valence-corrected chi connectivity index (χ0v) is 11.2. The molecule has 0 atom stereocenters. The van der Waals surface area contributed by atoms with E-state index in [1.54, 1.807) is 6.20 Å². The molecule has 0 aliphatic rings. The van der Waals surface area contributed by atoms with Gasteiger partial charge in [0.2, 0.25) is 5.91 Å². The second-order valence-corrected chi connectivity index (χ2v) is 5.35. The van der Waals surface area contributed by atoms with Crippen LogP contribution in [0.25, 0.3) is 0 Å². The summed E-state index contributed by atoms with van der Waals surface area (Å²) in [6.07, 6.45) is 1.79. The Kier molecular flexibility index (Phi) is 4.10. The van der Waals surface area contributed by atoms with Crippen LogP contribution < -0.4 is 10.2 Å². The first-order chi connectivity index (χ1) is 7.80. The first kappa shape index (κ1) is 13.5. The molecule has 0 bridgehead atoms. The van der Waals surface area contributed by atoms with E-state index in [2.05, 4.69) is 10.3 Å². The van der Waals surface area contributed by atoms with Gasteiger partial charge in [-0.1, -0.05) is 26.8 Å². The van der Waals surface area contributed by atoms with Crippen LogP contribution >= 0.6 is 0 Å². The quantitative estimate of drug-likeness (QED) is 0.869. The monoisotopic (exact) mass is 235 g/mol. The zero-order chi connectivity index (χ0) is 13.1. The first-order valence-electron chi connectivity index (χ1n) is 5.71. The fourth-order valence-electron chi connectivity index (χ4n) is 1.23. The molecule has 0 radical (unpaired) electrons. The second-order valence-electron chi connectivity index (χ2n) is 5.35. The molecule has 4 nitrogen and oxygen atoms in total. The topological polar surface area (TPSA) is 45.2 Å². The number of carbonyl (C=O) groups is 1. The van der Waals surface area contributed by atoms with Crippen LogP contribution in [-0.2, 0) is 11.3 Å². The van der Waals surface area contributed by atoms with Crippen LogP contribution in [0.4, 0.5) is 5.82 Å². The van der Waals surface area contributed by atoms with Crippen molar-refractivity contribution in [2.24, 2.45) is 5.41 Å². The van der Waals surface area contributed by atoms with Crippen molar-refractivity contribution >= 4 is 11.7 Å². The van der Waals surface area contributed by atoms with E-state index < -0.39 is 0 Å². The minimum atomic E-state index is -0.350. The number of hydrogen-bond acceptors (Lipinski definition) is 3. The van der Waals surface area contributed by atoms with Crippen molar-refractivity contribution in [2.45, 2.75) is 27.3 Å². The lowest BCUT2D eigenvalue weighted by molar-refractivity contribution is -0.128. The van der Waals surface area contributed by atoms with Gasteiger partial charge in [0.1, 0.15) is 5.82 Å². The molecule has 0 fully saturated rings. The molecule has 0 aliphatic carbocycles. The molecule has 17 heavy (non-hydrogen) atoms. The Balaban J connectivity index is 2.56. The first-order valence-corrected chi connectivity index (χ1v) is 5.71. The molecule has 4 heteroatoms.